The lowest BCUT2D eigenvalue weighted by atomic mass is 9.96. The fourth-order valence-corrected chi connectivity index (χ4v) is 6.73. The zero-order valence-electron chi connectivity index (χ0n) is 18.8. The van der Waals surface area contributed by atoms with Crippen LogP contribution in [0.25, 0.3) is 11.5 Å². The third kappa shape index (κ3) is 4.28. The molecule has 0 atom stereocenters. The maximum atomic E-state index is 13.9. The quantitative estimate of drug-likeness (QED) is 0.470. The van der Waals surface area contributed by atoms with E-state index >= 15 is 0 Å². The monoisotopic (exact) mass is 504 g/mol. The first-order valence-electron chi connectivity index (χ1n) is 11.0. The van der Waals surface area contributed by atoms with Gasteiger partial charge >= 0.3 is 10.0 Å². The second kappa shape index (κ2) is 9.36. The van der Waals surface area contributed by atoms with E-state index in [4.69, 9.17) is 27.5 Å². The Labute approximate surface area is 203 Å². The number of aryl methyl sites for hydroxylation is 1. The molecule has 180 valence electrons. The summed E-state index contributed by atoms with van der Waals surface area (Å²) in [5.41, 5.74) is 13.0. The number of rotatable bonds is 7. The van der Waals surface area contributed by atoms with Gasteiger partial charge in [-0.2, -0.15) is 12.3 Å². The van der Waals surface area contributed by atoms with Crippen LogP contribution in [0.15, 0.2) is 47.1 Å². The number of nitrogen functional groups attached to an aromatic ring is 1. The van der Waals surface area contributed by atoms with Crippen LogP contribution in [-0.4, -0.2) is 37.4 Å². The van der Waals surface area contributed by atoms with Crippen molar-refractivity contribution < 1.29 is 17.6 Å². The lowest BCUT2D eigenvalue weighted by molar-refractivity contribution is -0.122. The van der Waals surface area contributed by atoms with Gasteiger partial charge in [-0.1, -0.05) is 48.9 Å². The SMILES string of the molecule is CCc1cnc(-c2cnc([N+]3(S(=O)(=O)Cc4ccccc4)CCC(C(N)=O)CC3)c(Cl)c2N)o1. The lowest BCUT2D eigenvalue weighted by Crippen LogP contribution is -2.60. The van der Waals surface area contributed by atoms with Crippen molar-refractivity contribution in [2.75, 3.05) is 18.8 Å². The number of hydrogen-bond acceptors (Lipinski definition) is 7. The van der Waals surface area contributed by atoms with Crippen molar-refractivity contribution in [3.05, 3.63) is 59.1 Å². The molecule has 3 aromatic rings. The van der Waals surface area contributed by atoms with Crippen LogP contribution in [0, 0.1) is 5.92 Å². The third-order valence-corrected chi connectivity index (χ3v) is 9.04. The molecule has 0 radical (unpaired) electrons. The summed E-state index contributed by atoms with van der Waals surface area (Å²) in [7, 11) is -3.87. The second-order valence-electron chi connectivity index (χ2n) is 8.43. The molecule has 4 rings (SSSR count). The predicted octanol–water partition coefficient (Wildman–Crippen LogP) is 3.27. The molecule has 1 aromatic carbocycles. The minimum absolute atomic E-state index is 0.0305. The standard InChI is InChI=1S/C23H26ClN5O4S/c1-2-17-12-28-23(33-17)18-13-27-22(19(24)20(18)25)29(10-8-16(9-11-29)21(26)30)34(31,32)14-15-6-4-3-5-7-15/h3-7,12-13,16H,2,8-11,14H2,1H3,(H3-,25,26,27,28,30)/p+1. The fourth-order valence-electron chi connectivity index (χ4n) is 4.34. The third-order valence-electron chi connectivity index (χ3n) is 6.36. The van der Waals surface area contributed by atoms with Crippen LogP contribution < -0.4 is 15.4 Å². The molecule has 0 unspecified atom stereocenters. The van der Waals surface area contributed by atoms with E-state index in [0.29, 0.717) is 36.1 Å². The van der Waals surface area contributed by atoms with Crippen LogP contribution in [-0.2, 0) is 27.0 Å². The predicted molar refractivity (Wildman–Crippen MR) is 131 cm³/mol. The maximum Gasteiger partial charge on any atom is 0.307 e. The number of primary amides is 1. The molecule has 1 fully saturated rings. The van der Waals surface area contributed by atoms with Crippen molar-refractivity contribution in [3.8, 4) is 11.5 Å². The van der Waals surface area contributed by atoms with Crippen molar-refractivity contribution in [1.29, 1.82) is 0 Å². The number of amides is 1. The number of sulfonamides is 1. The number of quaternary nitrogens is 1. The highest BCUT2D eigenvalue weighted by atomic mass is 35.5. The molecular formula is C23H27ClN5O4S+. The van der Waals surface area contributed by atoms with Crippen LogP contribution in [0.1, 0.15) is 31.1 Å². The molecule has 0 saturated carbocycles. The van der Waals surface area contributed by atoms with Gasteiger partial charge in [-0.3, -0.25) is 4.79 Å². The molecule has 2 aromatic heterocycles. The van der Waals surface area contributed by atoms with Crippen molar-refractivity contribution in [1.82, 2.24) is 13.9 Å². The van der Waals surface area contributed by atoms with Crippen LogP contribution >= 0.6 is 11.6 Å². The number of anilines is 1. The molecule has 34 heavy (non-hydrogen) atoms. The summed E-state index contributed by atoms with van der Waals surface area (Å²) >= 11 is 6.69. The Hall–Kier alpha value is -2.95. The van der Waals surface area contributed by atoms with Gasteiger partial charge in [0, 0.05) is 31.4 Å². The van der Waals surface area contributed by atoms with Crippen LogP contribution in [0.2, 0.25) is 5.02 Å². The van der Waals surface area contributed by atoms with Gasteiger partial charge in [-0.05, 0) is 5.56 Å². The van der Waals surface area contributed by atoms with E-state index in [0.717, 1.165) is 0 Å². The zero-order chi connectivity index (χ0) is 24.5. The molecule has 4 N–H and O–H groups in total. The Kier molecular flexibility index (Phi) is 6.66. The Morgan fingerprint density at radius 3 is 2.44 bits per heavy atom. The number of nitrogens with two attached hydrogens (primary N) is 2. The number of benzene rings is 1. The highest BCUT2D eigenvalue weighted by Gasteiger charge is 2.50. The number of piperidine rings is 1. The molecule has 0 spiro atoms. The van der Waals surface area contributed by atoms with E-state index in [1.807, 2.05) is 13.0 Å². The minimum Gasteiger partial charge on any atom is -0.441 e. The molecule has 1 amide bonds. The molecule has 1 aliphatic rings. The van der Waals surface area contributed by atoms with Crippen molar-refractivity contribution >= 4 is 39.0 Å². The molecule has 9 nitrogen and oxygen atoms in total. The maximum absolute atomic E-state index is 13.9. The van der Waals surface area contributed by atoms with E-state index in [-0.39, 0.29) is 41.3 Å². The Balaban J connectivity index is 1.81. The molecule has 0 bridgehead atoms. The van der Waals surface area contributed by atoms with Crippen molar-refractivity contribution in [2.45, 2.75) is 31.9 Å². The van der Waals surface area contributed by atoms with Crippen molar-refractivity contribution in [3.63, 3.8) is 0 Å². The first-order valence-corrected chi connectivity index (χ1v) is 13.0. The summed E-state index contributed by atoms with van der Waals surface area (Å²) in [6.07, 6.45) is 4.29. The Morgan fingerprint density at radius 1 is 1.18 bits per heavy atom. The average Bonchev–Trinajstić information content (AvgIpc) is 3.30. The van der Waals surface area contributed by atoms with Crippen LogP contribution in [0.4, 0.5) is 11.5 Å². The van der Waals surface area contributed by atoms with Gasteiger partial charge in [-0.25, -0.2) is 9.97 Å². The van der Waals surface area contributed by atoms with E-state index in [1.54, 1.807) is 30.5 Å². The number of pyridine rings is 1. The summed E-state index contributed by atoms with van der Waals surface area (Å²) in [6.45, 7) is 2.14. The molecule has 11 heteroatoms. The highest BCUT2D eigenvalue weighted by molar-refractivity contribution is 7.90. The van der Waals surface area contributed by atoms with Crippen molar-refractivity contribution in [2.24, 2.45) is 11.7 Å². The second-order valence-corrected chi connectivity index (χ2v) is 11.0. The van der Waals surface area contributed by atoms with Gasteiger partial charge in [0.15, 0.2) is 0 Å². The number of carbonyl (C=O) groups is 1. The number of oxazole rings is 1. The van der Waals surface area contributed by atoms with E-state index in [9.17, 15) is 13.2 Å². The average molecular weight is 505 g/mol. The topological polar surface area (TPSA) is 142 Å². The molecule has 3 heterocycles. The number of nitrogens with zero attached hydrogens (tertiary/aromatic N) is 3. The Morgan fingerprint density at radius 2 is 1.85 bits per heavy atom. The summed E-state index contributed by atoms with van der Waals surface area (Å²) in [6, 6.07) is 8.90. The summed E-state index contributed by atoms with van der Waals surface area (Å²) in [5, 5.41) is 0.0305. The molecule has 1 aliphatic heterocycles. The normalized spacial score (nSPS) is 20.8. The first-order chi connectivity index (χ1) is 16.2. The summed E-state index contributed by atoms with van der Waals surface area (Å²) in [4.78, 5) is 20.5. The van der Waals surface area contributed by atoms with E-state index in [1.165, 1.54) is 6.20 Å². The summed E-state index contributed by atoms with van der Waals surface area (Å²) < 4.78 is 33.0. The van der Waals surface area contributed by atoms with Gasteiger partial charge < -0.3 is 15.9 Å². The fraction of sp³-hybridized carbons (Fsp3) is 0.348. The lowest BCUT2D eigenvalue weighted by Gasteiger charge is -2.40. The smallest absolute Gasteiger partial charge is 0.307 e. The largest absolute Gasteiger partial charge is 0.441 e. The van der Waals surface area contributed by atoms with E-state index < -0.39 is 25.7 Å². The van der Waals surface area contributed by atoms with Crippen LogP contribution in [0.5, 0.6) is 0 Å². The van der Waals surface area contributed by atoms with Gasteiger partial charge in [0.05, 0.1) is 17.4 Å². The summed E-state index contributed by atoms with van der Waals surface area (Å²) in [5.74, 6) is 0.00706. The minimum atomic E-state index is -3.87. The molecule has 1 saturated heterocycles. The van der Waals surface area contributed by atoms with Gasteiger partial charge in [0.1, 0.15) is 29.6 Å². The molecular weight excluding hydrogens is 478 g/mol. The van der Waals surface area contributed by atoms with Gasteiger partial charge in [0.2, 0.25) is 11.8 Å². The molecule has 0 aliphatic carbocycles. The first kappa shape index (κ1) is 24.2. The van der Waals surface area contributed by atoms with E-state index in [2.05, 4.69) is 9.97 Å². The van der Waals surface area contributed by atoms with Crippen LogP contribution in [0.3, 0.4) is 0 Å². The highest BCUT2D eigenvalue weighted by Crippen LogP contribution is 2.43. The van der Waals surface area contributed by atoms with Gasteiger partial charge in [-0.15, -0.1) is 0 Å². The zero-order valence-corrected chi connectivity index (χ0v) is 20.3. The number of aromatic nitrogens is 2. The Bertz CT molecular complexity index is 1300. The number of hydrogen-bond donors (Lipinski definition) is 2. The van der Waals surface area contributed by atoms with Gasteiger partial charge in [0.25, 0.3) is 5.82 Å². The number of halogens is 1. The number of carbonyl (C=O) groups excluding carboxylic acids is 1.